The van der Waals surface area contributed by atoms with Crippen molar-refractivity contribution in [3.05, 3.63) is 77.9 Å². The molecule has 134 valence electrons. The Balaban J connectivity index is 1.65. The summed E-state index contributed by atoms with van der Waals surface area (Å²) in [5, 5.41) is 7.13. The highest BCUT2D eigenvalue weighted by molar-refractivity contribution is 5.94. The molecule has 1 N–H and O–H groups in total. The molecule has 1 unspecified atom stereocenters. The number of ether oxygens (including phenoxy) is 1. The Morgan fingerprint density at radius 2 is 1.96 bits per heavy atom. The third-order valence-electron chi connectivity index (χ3n) is 4.03. The van der Waals surface area contributed by atoms with E-state index in [1.54, 1.807) is 30.1 Å². The van der Waals surface area contributed by atoms with Gasteiger partial charge in [0.2, 0.25) is 0 Å². The number of halogens is 1. The van der Waals surface area contributed by atoms with Gasteiger partial charge in [-0.3, -0.25) is 4.79 Å². The summed E-state index contributed by atoms with van der Waals surface area (Å²) in [5.41, 5.74) is 2.17. The Labute approximate surface area is 151 Å². The van der Waals surface area contributed by atoms with E-state index in [9.17, 15) is 9.18 Å². The van der Waals surface area contributed by atoms with Crippen LogP contribution in [0, 0.1) is 5.82 Å². The van der Waals surface area contributed by atoms with Crippen LogP contribution in [0.3, 0.4) is 0 Å². The molecule has 0 radical (unpaired) electrons. The molecule has 0 saturated heterocycles. The molecular formula is C20H20FN3O2. The minimum Gasteiger partial charge on any atom is -0.496 e. The van der Waals surface area contributed by atoms with Gasteiger partial charge in [-0.1, -0.05) is 18.2 Å². The van der Waals surface area contributed by atoms with E-state index in [0.29, 0.717) is 17.7 Å². The number of aromatic nitrogens is 2. The van der Waals surface area contributed by atoms with Gasteiger partial charge in [-0.25, -0.2) is 9.07 Å². The third kappa shape index (κ3) is 4.08. The summed E-state index contributed by atoms with van der Waals surface area (Å²) < 4.78 is 19.9. The van der Waals surface area contributed by atoms with Gasteiger partial charge in [0.05, 0.1) is 24.6 Å². The van der Waals surface area contributed by atoms with Gasteiger partial charge < -0.3 is 10.1 Å². The van der Waals surface area contributed by atoms with E-state index in [1.807, 2.05) is 31.2 Å². The molecule has 1 heterocycles. The van der Waals surface area contributed by atoms with Crippen LogP contribution in [0.2, 0.25) is 0 Å². The predicted molar refractivity (Wildman–Crippen MR) is 97.1 cm³/mol. The van der Waals surface area contributed by atoms with Crippen LogP contribution in [-0.4, -0.2) is 28.8 Å². The summed E-state index contributed by atoms with van der Waals surface area (Å²) in [6.45, 7) is 1.94. The number of para-hydroxylation sites is 1. The number of amides is 1. The Morgan fingerprint density at radius 3 is 2.69 bits per heavy atom. The highest BCUT2D eigenvalue weighted by Crippen LogP contribution is 2.19. The fourth-order valence-corrected chi connectivity index (χ4v) is 2.73. The summed E-state index contributed by atoms with van der Waals surface area (Å²) >= 11 is 0. The number of nitrogens with zero attached hydrogens (tertiary/aromatic N) is 2. The van der Waals surface area contributed by atoms with Crippen molar-refractivity contribution in [2.75, 3.05) is 7.11 Å². The third-order valence-corrected chi connectivity index (χ3v) is 4.03. The van der Waals surface area contributed by atoms with Crippen molar-refractivity contribution >= 4 is 5.91 Å². The van der Waals surface area contributed by atoms with Crippen LogP contribution in [0.4, 0.5) is 4.39 Å². The molecule has 0 bridgehead atoms. The molecule has 0 fully saturated rings. The van der Waals surface area contributed by atoms with Crippen molar-refractivity contribution in [3.8, 4) is 11.4 Å². The average molecular weight is 353 g/mol. The highest BCUT2D eigenvalue weighted by Gasteiger charge is 2.14. The van der Waals surface area contributed by atoms with E-state index in [0.717, 1.165) is 11.3 Å². The van der Waals surface area contributed by atoms with E-state index in [1.165, 1.54) is 18.3 Å². The Hall–Kier alpha value is -3.15. The largest absolute Gasteiger partial charge is 0.496 e. The molecule has 26 heavy (non-hydrogen) atoms. The normalized spacial score (nSPS) is 11.8. The maximum Gasteiger partial charge on any atom is 0.254 e. The van der Waals surface area contributed by atoms with Crippen LogP contribution in [0.1, 0.15) is 22.8 Å². The lowest BCUT2D eigenvalue weighted by Crippen LogP contribution is -2.34. The molecule has 6 heteroatoms. The number of carbonyl (C=O) groups is 1. The summed E-state index contributed by atoms with van der Waals surface area (Å²) in [6.07, 6.45) is 3.77. The van der Waals surface area contributed by atoms with Gasteiger partial charge >= 0.3 is 0 Å². The number of methoxy groups -OCH3 is 1. The second-order valence-corrected chi connectivity index (χ2v) is 6.04. The lowest BCUT2D eigenvalue weighted by Gasteiger charge is -2.15. The fraction of sp³-hybridized carbons (Fsp3) is 0.200. The second-order valence-electron chi connectivity index (χ2n) is 6.04. The molecule has 1 amide bonds. The first kappa shape index (κ1) is 17.7. The van der Waals surface area contributed by atoms with Gasteiger partial charge in [0.25, 0.3) is 5.91 Å². The molecule has 5 nitrogen and oxygen atoms in total. The summed E-state index contributed by atoms with van der Waals surface area (Å²) in [6, 6.07) is 13.6. The van der Waals surface area contributed by atoms with E-state index >= 15 is 0 Å². The van der Waals surface area contributed by atoms with Gasteiger partial charge in [-0.2, -0.15) is 5.10 Å². The quantitative estimate of drug-likeness (QED) is 0.739. The number of carbonyl (C=O) groups excluding carboxylic acids is 1. The Kier molecular flexibility index (Phi) is 5.31. The number of benzene rings is 2. The first-order valence-electron chi connectivity index (χ1n) is 8.30. The molecule has 0 saturated carbocycles. The zero-order valence-corrected chi connectivity index (χ0v) is 14.6. The summed E-state index contributed by atoms with van der Waals surface area (Å²) in [5.74, 6) is 0.280. The number of hydrogen-bond donors (Lipinski definition) is 1. The topological polar surface area (TPSA) is 56.1 Å². The van der Waals surface area contributed by atoms with E-state index < -0.39 is 0 Å². The minimum atomic E-state index is -0.316. The smallest absolute Gasteiger partial charge is 0.254 e. The van der Waals surface area contributed by atoms with Crippen molar-refractivity contribution in [2.24, 2.45) is 0 Å². The molecule has 1 aromatic heterocycles. The van der Waals surface area contributed by atoms with Crippen LogP contribution in [0.25, 0.3) is 5.69 Å². The minimum absolute atomic E-state index is 0.0760. The van der Waals surface area contributed by atoms with E-state index in [2.05, 4.69) is 10.4 Å². The van der Waals surface area contributed by atoms with Crippen LogP contribution in [0.5, 0.6) is 5.75 Å². The second kappa shape index (κ2) is 7.82. The lowest BCUT2D eigenvalue weighted by atomic mass is 10.1. The molecule has 1 atom stereocenters. The zero-order chi connectivity index (χ0) is 18.5. The van der Waals surface area contributed by atoms with Crippen molar-refractivity contribution in [1.29, 1.82) is 0 Å². The maximum absolute atomic E-state index is 13.0. The van der Waals surface area contributed by atoms with Crippen LogP contribution < -0.4 is 10.1 Å². The average Bonchev–Trinajstić information content (AvgIpc) is 3.13. The van der Waals surface area contributed by atoms with Gasteiger partial charge in [0, 0.05) is 12.2 Å². The van der Waals surface area contributed by atoms with Crippen molar-refractivity contribution in [1.82, 2.24) is 15.1 Å². The SMILES string of the molecule is COc1ccccc1CC(C)NC(=O)c1cnn(-c2ccc(F)cc2)c1. The Morgan fingerprint density at radius 1 is 1.23 bits per heavy atom. The first-order chi connectivity index (χ1) is 12.6. The lowest BCUT2D eigenvalue weighted by molar-refractivity contribution is 0.0940. The monoisotopic (exact) mass is 353 g/mol. The molecule has 0 aliphatic carbocycles. The van der Waals surface area contributed by atoms with E-state index in [-0.39, 0.29) is 17.8 Å². The predicted octanol–water partition coefficient (Wildman–Crippen LogP) is 3.38. The van der Waals surface area contributed by atoms with Gasteiger partial charge in [-0.05, 0) is 49.2 Å². The van der Waals surface area contributed by atoms with Crippen molar-refractivity contribution < 1.29 is 13.9 Å². The summed E-state index contributed by atoms with van der Waals surface area (Å²) in [7, 11) is 1.63. The molecule has 3 rings (SSSR count). The molecular weight excluding hydrogens is 333 g/mol. The van der Waals surface area contributed by atoms with Gasteiger partial charge in [-0.15, -0.1) is 0 Å². The van der Waals surface area contributed by atoms with Crippen molar-refractivity contribution in [3.63, 3.8) is 0 Å². The van der Waals surface area contributed by atoms with Gasteiger partial charge in [0.15, 0.2) is 0 Å². The van der Waals surface area contributed by atoms with Crippen molar-refractivity contribution in [2.45, 2.75) is 19.4 Å². The number of rotatable bonds is 6. The molecule has 0 aliphatic heterocycles. The zero-order valence-electron chi connectivity index (χ0n) is 14.6. The molecule has 0 spiro atoms. The maximum atomic E-state index is 13.0. The van der Waals surface area contributed by atoms with Gasteiger partial charge in [0.1, 0.15) is 11.6 Å². The van der Waals surface area contributed by atoms with Crippen LogP contribution in [0.15, 0.2) is 60.9 Å². The first-order valence-corrected chi connectivity index (χ1v) is 8.30. The molecule has 0 aliphatic rings. The van der Waals surface area contributed by atoms with Crippen LogP contribution in [-0.2, 0) is 6.42 Å². The van der Waals surface area contributed by atoms with E-state index in [4.69, 9.17) is 4.74 Å². The van der Waals surface area contributed by atoms with Crippen LogP contribution >= 0.6 is 0 Å². The standard InChI is InChI=1S/C20H20FN3O2/c1-14(11-15-5-3-4-6-19(15)26-2)23-20(25)16-12-22-24(13-16)18-9-7-17(21)8-10-18/h3-10,12-14H,11H2,1-2H3,(H,23,25). The fourth-order valence-electron chi connectivity index (χ4n) is 2.73. The Bertz CT molecular complexity index is 890. The number of hydrogen-bond acceptors (Lipinski definition) is 3. The number of nitrogens with one attached hydrogen (secondary N) is 1. The summed E-state index contributed by atoms with van der Waals surface area (Å²) in [4.78, 5) is 12.4. The molecule has 3 aromatic rings. The highest BCUT2D eigenvalue weighted by atomic mass is 19.1. The molecule has 2 aromatic carbocycles.